The number of benzene rings is 3. The summed E-state index contributed by atoms with van der Waals surface area (Å²) in [6, 6.07) is 27.5. The van der Waals surface area contributed by atoms with Crippen molar-refractivity contribution in [2.45, 2.75) is 18.0 Å². The summed E-state index contributed by atoms with van der Waals surface area (Å²) in [5, 5.41) is 9.56. The van der Waals surface area contributed by atoms with Crippen molar-refractivity contribution >= 4 is 17.5 Å². The highest BCUT2D eigenvalue weighted by Gasteiger charge is 2.16. The molecule has 1 heterocycles. The summed E-state index contributed by atoms with van der Waals surface area (Å²) in [6.45, 7) is 0. The third-order valence-corrected chi connectivity index (χ3v) is 5.87. The largest absolute Gasteiger partial charge is 0.497 e. The summed E-state index contributed by atoms with van der Waals surface area (Å²) in [4.78, 5) is 12.6. The maximum atomic E-state index is 12.6. The molecule has 156 valence electrons. The Labute approximate surface area is 186 Å². The van der Waals surface area contributed by atoms with E-state index in [0.29, 0.717) is 16.5 Å². The normalized spacial score (nSPS) is 10.7. The third-order valence-electron chi connectivity index (χ3n) is 4.94. The van der Waals surface area contributed by atoms with E-state index >= 15 is 0 Å². The van der Waals surface area contributed by atoms with Crippen LogP contribution >= 0.6 is 11.8 Å². The third kappa shape index (κ3) is 5.22. The molecule has 3 aromatic carbocycles. The van der Waals surface area contributed by atoms with Gasteiger partial charge in [0.05, 0.1) is 12.9 Å². The number of thioether (sulfide) groups is 1. The van der Waals surface area contributed by atoms with Crippen molar-refractivity contribution in [1.29, 1.82) is 0 Å². The first-order chi connectivity index (χ1) is 15.2. The maximum absolute atomic E-state index is 12.6. The zero-order valence-electron chi connectivity index (χ0n) is 17.3. The molecule has 0 saturated carbocycles. The van der Waals surface area contributed by atoms with E-state index in [4.69, 9.17) is 4.74 Å². The van der Waals surface area contributed by atoms with Gasteiger partial charge in [-0.3, -0.25) is 9.36 Å². The molecule has 0 aliphatic rings. The molecule has 6 heteroatoms. The smallest absolute Gasteiger partial charge is 0.196 e. The van der Waals surface area contributed by atoms with Crippen molar-refractivity contribution in [3.05, 3.63) is 102 Å². The van der Waals surface area contributed by atoms with Crippen LogP contribution in [0.4, 0.5) is 0 Å². The molecule has 0 fully saturated rings. The number of carbonyl (C=O) groups is 1. The zero-order valence-corrected chi connectivity index (χ0v) is 18.1. The Morgan fingerprint density at radius 3 is 2.23 bits per heavy atom. The molecular weight excluding hydrogens is 406 g/mol. The molecule has 0 atom stereocenters. The lowest BCUT2D eigenvalue weighted by Gasteiger charge is -2.11. The fourth-order valence-electron chi connectivity index (χ4n) is 3.28. The number of ether oxygens (including phenoxy) is 1. The second kappa shape index (κ2) is 10.1. The van der Waals surface area contributed by atoms with Gasteiger partial charge in [0.25, 0.3) is 0 Å². The summed E-state index contributed by atoms with van der Waals surface area (Å²) in [7, 11) is 1.65. The van der Waals surface area contributed by atoms with Crippen molar-refractivity contribution in [3.8, 4) is 11.4 Å². The van der Waals surface area contributed by atoms with Crippen LogP contribution in [0.25, 0.3) is 5.69 Å². The lowest BCUT2D eigenvalue weighted by atomic mass is 10.1. The number of Topliss-reactive ketones (excluding diaryl/α,β-unsaturated/α-hetero) is 1. The first-order valence-corrected chi connectivity index (χ1v) is 11.1. The number of carbonyl (C=O) groups excluding carboxylic acids is 1. The molecule has 4 aromatic rings. The Hall–Kier alpha value is -3.38. The van der Waals surface area contributed by atoms with Crippen molar-refractivity contribution in [2.75, 3.05) is 12.9 Å². The van der Waals surface area contributed by atoms with Crippen LogP contribution in [-0.2, 0) is 12.8 Å². The number of aryl methyl sites for hydroxylation is 2. The van der Waals surface area contributed by atoms with E-state index in [1.165, 1.54) is 17.3 Å². The molecule has 5 nitrogen and oxygen atoms in total. The van der Waals surface area contributed by atoms with Gasteiger partial charge in [0.1, 0.15) is 11.6 Å². The van der Waals surface area contributed by atoms with Crippen molar-refractivity contribution < 1.29 is 9.53 Å². The molecule has 0 unspecified atom stereocenters. The summed E-state index contributed by atoms with van der Waals surface area (Å²) in [5.41, 5.74) is 2.90. The average molecular weight is 430 g/mol. The standard InChI is InChI=1S/C25H23N3O2S/c1-30-22-15-13-21(14-16-22)28-24(17-12-19-8-4-2-5-9-19)26-27-25(28)31-18-23(29)20-10-6-3-7-11-20/h2-11,13-16H,12,17-18H2,1H3. The molecule has 0 saturated heterocycles. The Bertz CT molecular complexity index is 1130. The van der Waals surface area contributed by atoms with Crippen LogP contribution in [0.2, 0.25) is 0 Å². The van der Waals surface area contributed by atoms with Crippen LogP contribution in [0.1, 0.15) is 21.7 Å². The minimum absolute atomic E-state index is 0.0701. The summed E-state index contributed by atoms with van der Waals surface area (Å²) < 4.78 is 7.32. The second-order valence-corrected chi connectivity index (χ2v) is 7.94. The molecule has 0 aliphatic carbocycles. The number of rotatable bonds is 9. The molecule has 0 radical (unpaired) electrons. The van der Waals surface area contributed by atoms with Crippen LogP contribution in [0.3, 0.4) is 0 Å². The summed E-state index contributed by atoms with van der Waals surface area (Å²) in [5.74, 6) is 2.03. The van der Waals surface area contributed by atoms with Crippen LogP contribution in [-0.4, -0.2) is 33.4 Å². The van der Waals surface area contributed by atoms with Gasteiger partial charge in [-0.25, -0.2) is 0 Å². The van der Waals surface area contributed by atoms with Gasteiger partial charge >= 0.3 is 0 Å². The number of aromatic nitrogens is 3. The molecule has 0 spiro atoms. The highest BCUT2D eigenvalue weighted by Crippen LogP contribution is 2.25. The topological polar surface area (TPSA) is 57.0 Å². The molecule has 0 N–H and O–H groups in total. The highest BCUT2D eigenvalue weighted by atomic mass is 32.2. The molecule has 31 heavy (non-hydrogen) atoms. The van der Waals surface area contributed by atoms with E-state index in [-0.39, 0.29) is 5.78 Å². The molecule has 1 aromatic heterocycles. The Morgan fingerprint density at radius 2 is 1.55 bits per heavy atom. The number of methoxy groups -OCH3 is 1. The quantitative estimate of drug-likeness (QED) is 0.276. The molecule has 0 aliphatic heterocycles. The lowest BCUT2D eigenvalue weighted by molar-refractivity contribution is 0.102. The number of hydrogen-bond donors (Lipinski definition) is 0. The average Bonchev–Trinajstić information content (AvgIpc) is 3.25. The van der Waals surface area contributed by atoms with Gasteiger partial charge in [-0.1, -0.05) is 72.4 Å². The van der Waals surface area contributed by atoms with Gasteiger partial charge in [-0.2, -0.15) is 0 Å². The number of nitrogens with zero attached hydrogens (tertiary/aromatic N) is 3. The summed E-state index contributed by atoms with van der Waals surface area (Å²) >= 11 is 1.41. The minimum Gasteiger partial charge on any atom is -0.497 e. The van der Waals surface area contributed by atoms with E-state index in [2.05, 4.69) is 22.3 Å². The van der Waals surface area contributed by atoms with Gasteiger partial charge in [0.15, 0.2) is 10.9 Å². The Balaban J connectivity index is 1.57. The Kier molecular flexibility index (Phi) is 6.79. The van der Waals surface area contributed by atoms with Crippen LogP contribution < -0.4 is 4.74 Å². The van der Waals surface area contributed by atoms with E-state index < -0.39 is 0 Å². The summed E-state index contributed by atoms with van der Waals surface area (Å²) in [6.07, 6.45) is 1.61. The van der Waals surface area contributed by atoms with Crippen LogP contribution in [0, 0.1) is 0 Å². The minimum atomic E-state index is 0.0701. The van der Waals surface area contributed by atoms with Gasteiger partial charge in [-0.15, -0.1) is 10.2 Å². The highest BCUT2D eigenvalue weighted by molar-refractivity contribution is 7.99. The SMILES string of the molecule is COc1ccc(-n2c(CCc3ccccc3)nnc2SCC(=O)c2ccccc2)cc1. The zero-order chi connectivity index (χ0) is 21.5. The fourth-order valence-corrected chi connectivity index (χ4v) is 4.15. The Morgan fingerprint density at radius 1 is 0.871 bits per heavy atom. The van der Waals surface area contributed by atoms with Gasteiger partial charge in [-0.05, 0) is 36.2 Å². The number of hydrogen-bond acceptors (Lipinski definition) is 5. The molecular formula is C25H23N3O2S. The van der Waals surface area contributed by atoms with Gasteiger partial charge in [0.2, 0.25) is 0 Å². The fraction of sp³-hybridized carbons (Fsp3) is 0.160. The van der Waals surface area contributed by atoms with Crippen molar-refractivity contribution in [3.63, 3.8) is 0 Å². The van der Waals surface area contributed by atoms with Gasteiger partial charge in [0, 0.05) is 17.7 Å². The van der Waals surface area contributed by atoms with Crippen LogP contribution in [0.15, 0.2) is 90.1 Å². The maximum Gasteiger partial charge on any atom is 0.196 e. The molecule has 4 rings (SSSR count). The van der Waals surface area contributed by atoms with E-state index in [9.17, 15) is 4.79 Å². The van der Waals surface area contributed by atoms with Crippen molar-refractivity contribution in [2.24, 2.45) is 0 Å². The van der Waals surface area contributed by atoms with E-state index in [1.54, 1.807) is 7.11 Å². The lowest BCUT2D eigenvalue weighted by Crippen LogP contribution is -2.07. The molecule has 0 bridgehead atoms. The van der Waals surface area contributed by atoms with E-state index in [1.807, 2.05) is 77.4 Å². The monoisotopic (exact) mass is 429 g/mol. The predicted octanol–water partition coefficient (Wildman–Crippen LogP) is 5.04. The predicted molar refractivity (Wildman–Crippen MR) is 123 cm³/mol. The van der Waals surface area contributed by atoms with Crippen LogP contribution in [0.5, 0.6) is 5.75 Å². The molecule has 0 amide bonds. The number of ketones is 1. The first-order valence-electron chi connectivity index (χ1n) is 10.1. The van der Waals surface area contributed by atoms with Crippen molar-refractivity contribution in [1.82, 2.24) is 14.8 Å². The second-order valence-electron chi connectivity index (χ2n) is 7.00. The first kappa shape index (κ1) is 20.9. The van der Waals surface area contributed by atoms with Gasteiger partial charge < -0.3 is 4.74 Å². The van der Waals surface area contributed by atoms with E-state index in [0.717, 1.165) is 30.1 Å².